The zero-order valence-electron chi connectivity index (χ0n) is 22.7. The third-order valence-corrected chi connectivity index (χ3v) is 6.71. The fraction of sp³-hybridized carbons (Fsp3) is 0.387. The van der Waals surface area contributed by atoms with Gasteiger partial charge < -0.3 is 28.9 Å². The highest BCUT2D eigenvalue weighted by Gasteiger charge is 2.36. The smallest absolute Gasteiger partial charge is 0.156 e. The molecule has 0 amide bonds. The molecule has 0 saturated heterocycles. The summed E-state index contributed by atoms with van der Waals surface area (Å²) in [6.07, 6.45) is -1.76. The molecular formula is C31H37NO6. The van der Waals surface area contributed by atoms with Gasteiger partial charge in [0.25, 0.3) is 0 Å². The van der Waals surface area contributed by atoms with Crippen molar-refractivity contribution in [3.63, 3.8) is 0 Å². The second kappa shape index (κ2) is 12.8. The van der Waals surface area contributed by atoms with Gasteiger partial charge in [0.15, 0.2) is 6.10 Å². The van der Waals surface area contributed by atoms with E-state index in [1.807, 2.05) is 54.6 Å². The highest BCUT2D eigenvalue weighted by atomic mass is 16.6. The van der Waals surface area contributed by atoms with Gasteiger partial charge >= 0.3 is 0 Å². The number of hydrogen-bond acceptors (Lipinski definition) is 7. The molecule has 202 valence electrons. The van der Waals surface area contributed by atoms with Crippen molar-refractivity contribution >= 4 is 5.71 Å². The van der Waals surface area contributed by atoms with E-state index < -0.39 is 12.2 Å². The van der Waals surface area contributed by atoms with Gasteiger partial charge in [0.05, 0.1) is 26.9 Å². The first-order valence-electron chi connectivity index (χ1n) is 12.9. The molecule has 1 aliphatic rings. The number of methoxy groups -OCH3 is 2. The van der Waals surface area contributed by atoms with Crippen molar-refractivity contribution in [2.45, 2.75) is 45.7 Å². The number of hydrogen-bond donors (Lipinski definition) is 1. The summed E-state index contributed by atoms with van der Waals surface area (Å²) >= 11 is 0. The molecule has 4 atom stereocenters. The quantitative estimate of drug-likeness (QED) is 0.323. The van der Waals surface area contributed by atoms with Crippen LogP contribution in [0.5, 0.6) is 17.2 Å². The van der Waals surface area contributed by atoms with Crippen molar-refractivity contribution in [3.05, 3.63) is 89.5 Å². The summed E-state index contributed by atoms with van der Waals surface area (Å²) < 4.78 is 23.3. The van der Waals surface area contributed by atoms with E-state index in [9.17, 15) is 5.11 Å². The zero-order valence-corrected chi connectivity index (χ0v) is 22.7. The average molecular weight is 520 g/mol. The maximum absolute atomic E-state index is 11.4. The molecule has 3 aromatic rings. The van der Waals surface area contributed by atoms with E-state index in [1.54, 1.807) is 20.3 Å². The predicted molar refractivity (Wildman–Crippen MR) is 147 cm³/mol. The molecule has 0 spiro atoms. The molecule has 0 aliphatic carbocycles. The van der Waals surface area contributed by atoms with E-state index in [0.717, 1.165) is 11.1 Å². The Morgan fingerprint density at radius 3 is 2.34 bits per heavy atom. The molecule has 7 nitrogen and oxygen atoms in total. The van der Waals surface area contributed by atoms with Crippen molar-refractivity contribution in [2.24, 2.45) is 17.0 Å². The van der Waals surface area contributed by atoms with Crippen LogP contribution in [0.25, 0.3) is 0 Å². The highest BCUT2D eigenvalue weighted by molar-refractivity contribution is 6.07. The van der Waals surface area contributed by atoms with E-state index in [-0.39, 0.29) is 12.0 Å². The molecule has 0 radical (unpaired) electrons. The summed E-state index contributed by atoms with van der Waals surface area (Å²) in [4.78, 5) is 5.87. The van der Waals surface area contributed by atoms with Crippen LogP contribution in [0.4, 0.5) is 0 Å². The van der Waals surface area contributed by atoms with Gasteiger partial charge in [-0.1, -0.05) is 68.4 Å². The van der Waals surface area contributed by atoms with Crippen molar-refractivity contribution < 1.29 is 28.9 Å². The van der Waals surface area contributed by atoms with E-state index in [4.69, 9.17) is 23.8 Å². The minimum atomic E-state index is -1.06. The molecular weight excluding hydrogens is 482 g/mol. The number of fused-ring (bicyclic) bond motifs is 1. The molecule has 0 aromatic heterocycles. The number of oxime groups is 1. The molecule has 1 heterocycles. The number of nitrogens with zero attached hydrogens (tertiary/aromatic N) is 1. The maximum Gasteiger partial charge on any atom is 0.156 e. The minimum absolute atomic E-state index is 0.0214. The molecule has 0 unspecified atom stereocenters. The topological polar surface area (TPSA) is 78.7 Å². The Labute approximate surface area is 224 Å². The van der Waals surface area contributed by atoms with Crippen LogP contribution >= 0.6 is 0 Å². The Balaban J connectivity index is 1.53. The Morgan fingerprint density at radius 1 is 0.895 bits per heavy atom. The fourth-order valence-corrected chi connectivity index (χ4v) is 4.71. The van der Waals surface area contributed by atoms with Crippen LogP contribution in [-0.2, 0) is 16.2 Å². The van der Waals surface area contributed by atoms with Crippen LogP contribution in [0, 0.1) is 11.8 Å². The molecule has 4 rings (SSSR count). The van der Waals surface area contributed by atoms with Crippen LogP contribution in [0.3, 0.4) is 0 Å². The summed E-state index contributed by atoms with van der Waals surface area (Å²) in [7, 11) is 3.20. The summed E-state index contributed by atoms with van der Waals surface area (Å²) in [6, 6.07) is 23.0. The SMILES string of the molecule is COc1cccc([C@H]2Oc3ccc(OC)cc3C(=NOC[C@@H](C)[C@H](OCc3ccccc3)C(C)C)[C@@H]2O)c1. The number of ether oxygens (including phenoxy) is 4. The molecule has 38 heavy (non-hydrogen) atoms. The first-order valence-corrected chi connectivity index (χ1v) is 12.9. The van der Waals surface area contributed by atoms with Gasteiger partial charge in [-0.2, -0.15) is 0 Å². The monoisotopic (exact) mass is 519 g/mol. The van der Waals surface area contributed by atoms with Crippen molar-refractivity contribution in [1.82, 2.24) is 0 Å². The molecule has 0 bridgehead atoms. The van der Waals surface area contributed by atoms with Crippen molar-refractivity contribution in [1.29, 1.82) is 0 Å². The Kier molecular flexibility index (Phi) is 9.26. The Morgan fingerprint density at radius 2 is 1.63 bits per heavy atom. The molecule has 1 aliphatic heterocycles. The van der Waals surface area contributed by atoms with E-state index >= 15 is 0 Å². The molecule has 0 saturated carbocycles. The second-order valence-corrected chi connectivity index (χ2v) is 9.88. The lowest BCUT2D eigenvalue weighted by molar-refractivity contribution is -0.0487. The number of aliphatic hydroxyl groups is 1. The highest BCUT2D eigenvalue weighted by Crippen LogP contribution is 2.38. The molecule has 3 aromatic carbocycles. The van der Waals surface area contributed by atoms with Crippen LogP contribution in [0.2, 0.25) is 0 Å². The minimum Gasteiger partial charge on any atom is -0.497 e. The van der Waals surface area contributed by atoms with Gasteiger partial charge in [-0.05, 0) is 47.4 Å². The van der Waals surface area contributed by atoms with E-state index in [1.165, 1.54) is 0 Å². The molecule has 0 fully saturated rings. The van der Waals surface area contributed by atoms with Crippen LogP contribution in [0.15, 0.2) is 78.0 Å². The standard InChI is InChI=1S/C31H37NO6/c1-20(2)30(36-19-22-10-7-6-8-11-22)21(3)18-37-32-28-26-17-25(35-5)14-15-27(26)38-31(29(28)33)23-12-9-13-24(16-23)34-4/h6-17,20-21,29-31,33H,18-19H2,1-5H3/t21-,29+,30-,31-/m1/s1. The average Bonchev–Trinajstić information content (AvgIpc) is 2.94. The number of aliphatic hydroxyl groups excluding tert-OH is 1. The van der Waals surface area contributed by atoms with Crippen molar-refractivity contribution in [2.75, 3.05) is 20.8 Å². The van der Waals surface area contributed by atoms with Gasteiger partial charge in [-0.25, -0.2) is 0 Å². The van der Waals surface area contributed by atoms with Crippen LogP contribution in [-0.4, -0.2) is 43.9 Å². The summed E-state index contributed by atoms with van der Waals surface area (Å²) in [5.41, 5.74) is 2.92. The largest absolute Gasteiger partial charge is 0.497 e. The molecule has 7 heteroatoms. The lowest BCUT2D eigenvalue weighted by atomic mass is 9.92. The fourth-order valence-electron chi connectivity index (χ4n) is 4.71. The van der Waals surface area contributed by atoms with Crippen LogP contribution < -0.4 is 14.2 Å². The van der Waals surface area contributed by atoms with Gasteiger partial charge in [0.2, 0.25) is 0 Å². The van der Waals surface area contributed by atoms with E-state index in [0.29, 0.717) is 47.7 Å². The summed E-state index contributed by atoms with van der Waals surface area (Å²) in [6.45, 7) is 7.24. The Hall–Kier alpha value is -3.55. The van der Waals surface area contributed by atoms with Gasteiger partial charge in [0, 0.05) is 11.5 Å². The zero-order chi connectivity index (χ0) is 27.1. The predicted octanol–water partition coefficient (Wildman–Crippen LogP) is 5.80. The number of benzene rings is 3. The number of rotatable bonds is 11. The first kappa shape index (κ1) is 27.5. The third-order valence-electron chi connectivity index (χ3n) is 6.71. The lowest BCUT2D eigenvalue weighted by Crippen LogP contribution is -2.37. The summed E-state index contributed by atoms with van der Waals surface area (Å²) in [5, 5.41) is 15.8. The lowest BCUT2D eigenvalue weighted by Gasteiger charge is -2.32. The van der Waals surface area contributed by atoms with E-state index in [2.05, 4.69) is 38.1 Å². The first-order chi connectivity index (χ1) is 18.4. The molecule has 1 N–H and O–H groups in total. The van der Waals surface area contributed by atoms with Gasteiger partial charge in [-0.3, -0.25) is 0 Å². The van der Waals surface area contributed by atoms with Gasteiger partial charge in [-0.15, -0.1) is 0 Å². The van der Waals surface area contributed by atoms with Crippen molar-refractivity contribution in [3.8, 4) is 17.2 Å². The maximum atomic E-state index is 11.4. The second-order valence-electron chi connectivity index (χ2n) is 9.88. The van der Waals surface area contributed by atoms with Crippen LogP contribution in [0.1, 0.15) is 43.6 Å². The Bertz CT molecular complexity index is 1210. The van der Waals surface area contributed by atoms with Gasteiger partial charge in [0.1, 0.15) is 35.7 Å². The third kappa shape index (κ3) is 6.47. The normalized spacial score (nSPS) is 19.4. The summed E-state index contributed by atoms with van der Waals surface area (Å²) in [5.74, 6) is 2.26.